The van der Waals surface area contributed by atoms with E-state index in [1.165, 1.54) is 0 Å². The van der Waals surface area contributed by atoms with Crippen LogP contribution in [0.2, 0.25) is 0 Å². The van der Waals surface area contributed by atoms with Gasteiger partial charge in [0.25, 0.3) is 0 Å². The van der Waals surface area contributed by atoms with Gasteiger partial charge in [-0.15, -0.1) is 0 Å². The fraction of sp³-hybridized carbons (Fsp3) is 0.750. The summed E-state index contributed by atoms with van der Waals surface area (Å²) in [5.41, 5.74) is 0. The van der Waals surface area contributed by atoms with Crippen LogP contribution in [-0.2, 0) is 11.3 Å². The maximum absolute atomic E-state index is 11.4. The fourth-order valence-corrected chi connectivity index (χ4v) is 2.39. The van der Waals surface area contributed by atoms with Crippen LogP contribution in [0.25, 0.3) is 0 Å². The van der Waals surface area contributed by atoms with Gasteiger partial charge in [-0.1, -0.05) is 5.16 Å². The van der Waals surface area contributed by atoms with Crippen molar-refractivity contribution >= 4 is 5.91 Å². The Kier molecular flexibility index (Phi) is 3.96. The number of hydrogen-bond acceptors (Lipinski definition) is 5. The zero-order valence-corrected chi connectivity index (χ0v) is 11.2. The third-order valence-electron chi connectivity index (χ3n) is 3.27. The number of rotatable bonds is 4. The van der Waals surface area contributed by atoms with Gasteiger partial charge in [0.2, 0.25) is 11.8 Å². The average molecular weight is 252 g/mol. The Morgan fingerprint density at radius 1 is 1.56 bits per heavy atom. The minimum absolute atomic E-state index is 0.251. The first-order valence-corrected chi connectivity index (χ1v) is 6.26. The van der Waals surface area contributed by atoms with Crippen molar-refractivity contribution in [3.8, 4) is 0 Å². The van der Waals surface area contributed by atoms with Crippen molar-refractivity contribution in [3.63, 3.8) is 0 Å². The standard InChI is InChI=1S/C12H20N4O2/c1-9-13-11(18-14-9)8-15(2)6-10-4-5-12(17)16(3)7-10/h10H,4-8H2,1-3H3. The quantitative estimate of drug-likeness (QED) is 0.788. The SMILES string of the molecule is Cc1noc(CN(C)CC2CCC(=O)N(C)C2)n1. The molecule has 0 aliphatic carbocycles. The van der Waals surface area contributed by atoms with Gasteiger partial charge in [0.15, 0.2) is 5.82 Å². The number of aryl methyl sites for hydroxylation is 1. The number of nitrogens with zero attached hydrogens (tertiary/aromatic N) is 4. The molecule has 2 rings (SSSR count). The minimum Gasteiger partial charge on any atom is -0.345 e. The number of amides is 1. The lowest BCUT2D eigenvalue weighted by atomic mass is 9.97. The smallest absolute Gasteiger partial charge is 0.240 e. The highest BCUT2D eigenvalue weighted by molar-refractivity contribution is 5.76. The first kappa shape index (κ1) is 13.0. The van der Waals surface area contributed by atoms with Crippen LogP contribution in [0.3, 0.4) is 0 Å². The maximum atomic E-state index is 11.4. The van der Waals surface area contributed by atoms with Gasteiger partial charge in [0.05, 0.1) is 6.54 Å². The number of carbonyl (C=O) groups excluding carboxylic acids is 1. The lowest BCUT2D eigenvalue weighted by Gasteiger charge is -2.31. The molecule has 0 radical (unpaired) electrons. The first-order valence-electron chi connectivity index (χ1n) is 6.26. The van der Waals surface area contributed by atoms with Crippen LogP contribution < -0.4 is 0 Å². The van der Waals surface area contributed by atoms with Crippen molar-refractivity contribution < 1.29 is 9.32 Å². The molecular formula is C12H20N4O2. The second-order valence-corrected chi connectivity index (χ2v) is 5.11. The monoisotopic (exact) mass is 252 g/mol. The summed E-state index contributed by atoms with van der Waals surface area (Å²) in [5, 5.41) is 3.77. The van der Waals surface area contributed by atoms with Crippen molar-refractivity contribution in [2.75, 3.05) is 27.2 Å². The molecule has 2 heterocycles. The first-order chi connectivity index (χ1) is 8.54. The van der Waals surface area contributed by atoms with Crippen molar-refractivity contribution in [1.82, 2.24) is 19.9 Å². The molecule has 0 bridgehead atoms. The Bertz CT molecular complexity index is 418. The van der Waals surface area contributed by atoms with Gasteiger partial charge in [0, 0.05) is 26.6 Å². The van der Waals surface area contributed by atoms with Crippen LogP contribution in [0.15, 0.2) is 4.52 Å². The molecule has 1 amide bonds. The van der Waals surface area contributed by atoms with Crippen molar-refractivity contribution in [2.45, 2.75) is 26.3 Å². The maximum Gasteiger partial charge on any atom is 0.240 e. The van der Waals surface area contributed by atoms with Crippen LogP contribution >= 0.6 is 0 Å². The van der Waals surface area contributed by atoms with Gasteiger partial charge in [-0.25, -0.2) is 0 Å². The van der Waals surface area contributed by atoms with Crippen LogP contribution in [-0.4, -0.2) is 53.0 Å². The lowest BCUT2D eigenvalue weighted by molar-refractivity contribution is -0.133. The molecule has 0 spiro atoms. The third kappa shape index (κ3) is 3.29. The van der Waals surface area contributed by atoms with Gasteiger partial charge in [-0.3, -0.25) is 9.69 Å². The summed E-state index contributed by atoms with van der Waals surface area (Å²) in [6.07, 6.45) is 1.63. The molecule has 1 aromatic rings. The van der Waals surface area contributed by atoms with Crippen LogP contribution in [0, 0.1) is 12.8 Å². The molecule has 6 nitrogen and oxygen atoms in total. The summed E-state index contributed by atoms with van der Waals surface area (Å²) < 4.78 is 5.09. The molecule has 1 fully saturated rings. The predicted octanol–water partition coefficient (Wildman–Crippen LogP) is 0.678. The van der Waals surface area contributed by atoms with Gasteiger partial charge >= 0.3 is 0 Å². The molecule has 100 valence electrons. The molecule has 1 aromatic heterocycles. The molecule has 0 N–H and O–H groups in total. The topological polar surface area (TPSA) is 62.5 Å². The molecule has 0 aromatic carbocycles. The van der Waals surface area contributed by atoms with Gasteiger partial charge < -0.3 is 9.42 Å². The zero-order valence-electron chi connectivity index (χ0n) is 11.2. The molecule has 1 unspecified atom stereocenters. The molecule has 1 saturated heterocycles. The van der Waals surface area contributed by atoms with E-state index in [1.54, 1.807) is 0 Å². The second-order valence-electron chi connectivity index (χ2n) is 5.11. The molecule has 18 heavy (non-hydrogen) atoms. The minimum atomic E-state index is 0.251. The van der Waals surface area contributed by atoms with E-state index < -0.39 is 0 Å². The molecule has 6 heteroatoms. The van der Waals surface area contributed by atoms with Gasteiger partial charge in [-0.2, -0.15) is 4.98 Å². The zero-order chi connectivity index (χ0) is 13.1. The van der Waals surface area contributed by atoms with Crippen molar-refractivity contribution in [3.05, 3.63) is 11.7 Å². The predicted molar refractivity (Wildman–Crippen MR) is 65.7 cm³/mol. The highest BCUT2D eigenvalue weighted by Gasteiger charge is 2.24. The highest BCUT2D eigenvalue weighted by atomic mass is 16.5. The molecule has 1 aliphatic heterocycles. The van der Waals surface area contributed by atoms with E-state index in [1.807, 2.05) is 25.9 Å². The van der Waals surface area contributed by atoms with E-state index in [-0.39, 0.29) is 5.91 Å². The van der Waals surface area contributed by atoms with E-state index in [0.717, 1.165) is 19.5 Å². The molecular weight excluding hydrogens is 232 g/mol. The number of piperidine rings is 1. The summed E-state index contributed by atoms with van der Waals surface area (Å²) in [6, 6.07) is 0. The average Bonchev–Trinajstić information content (AvgIpc) is 2.69. The van der Waals surface area contributed by atoms with Crippen molar-refractivity contribution in [1.29, 1.82) is 0 Å². The third-order valence-corrected chi connectivity index (χ3v) is 3.27. The summed E-state index contributed by atoms with van der Waals surface area (Å²) in [6.45, 7) is 4.26. The number of likely N-dealkylation sites (tertiary alicyclic amines) is 1. The van der Waals surface area contributed by atoms with E-state index >= 15 is 0 Å². The van der Waals surface area contributed by atoms with E-state index in [4.69, 9.17) is 4.52 Å². The van der Waals surface area contributed by atoms with Crippen molar-refractivity contribution in [2.24, 2.45) is 5.92 Å². The Morgan fingerprint density at radius 3 is 2.94 bits per heavy atom. The highest BCUT2D eigenvalue weighted by Crippen LogP contribution is 2.17. The second kappa shape index (κ2) is 5.48. The number of hydrogen-bond donors (Lipinski definition) is 0. The largest absolute Gasteiger partial charge is 0.345 e. The fourth-order valence-electron chi connectivity index (χ4n) is 2.39. The van der Waals surface area contributed by atoms with Gasteiger partial charge in [0.1, 0.15) is 0 Å². The van der Waals surface area contributed by atoms with Crippen LogP contribution in [0.1, 0.15) is 24.6 Å². The Balaban J connectivity index is 1.80. The van der Waals surface area contributed by atoms with E-state index in [9.17, 15) is 4.79 Å². The molecule has 1 aliphatic rings. The van der Waals surface area contributed by atoms with Gasteiger partial charge in [-0.05, 0) is 26.3 Å². The summed E-state index contributed by atoms with van der Waals surface area (Å²) in [4.78, 5) is 19.6. The van der Waals surface area contributed by atoms with E-state index in [0.29, 0.717) is 30.6 Å². The summed E-state index contributed by atoms with van der Waals surface area (Å²) in [5.74, 6) is 2.10. The number of aromatic nitrogens is 2. The van der Waals surface area contributed by atoms with Crippen LogP contribution in [0.4, 0.5) is 0 Å². The lowest BCUT2D eigenvalue weighted by Crippen LogP contribution is -2.41. The number of carbonyl (C=O) groups is 1. The van der Waals surface area contributed by atoms with Crippen LogP contribution in [0.5, 0.6) is 0 Å². The van der Waals surface area contributed by atoms with E-state index in [2.05, 4.69) is 15.0 Å². The Labute approximate surface area is 107 Å². The summed E-state index contributed by atoms with van der Waals surface area (Å²) >= 11 is 0. The Hall–Kier alpha value is -1.43. The normalized spacial score (nSPS) is 20.8. The Morgan fingerprint density at radius 2 is 2.33 bits per heavy atom. The molecule has 0 saturated carbocycles. The molecule has 1 atom stereocenters. The summed E-state index contributed by atoms with van der Waals surface area (Å²) in [7, 11) is 3.91.